The molecule has 5 nitrogen and oxygen atoms in total. The van der Waals surface area contributed by atoms with Crippen LogP contribution in [0.15, 0.2) is 0 Å². The highest BCUT2D eigenvalue weighted by molar-refractivity contribution is 7.45. The van der Waals surface area contributed by atoms with E-state index < -0.39 is 13.4 Å². The van der Waals surface area contributed by atoms with Crippen LogP contribution in [0.1, 0.15) is 59.3 Å². The van der Waals surface area contributed by atoms with Crippen LogP contribution in [-0.4, -0.2) is 25.4 Å². The molecule has 0 aromatic heterocycles. The molecule has 0 aliphatic heterocycles. The predicted octanol–water partition coefficient (Wildman–Crippen LogP) is 2.19. The smallest absolute Gasteiger partial charge is 0.390 e. The maximum absolute atomic E-state index is 9.78. The van der Waals surface area contributed by atoms with Crippen molar-refractivity contribution >= 4 is 7.82 Å². The van der Waals surface area contributed by atoms with E-state index in [0.29, 0.717) is 0 Å². The first kappa shape index (κ1) is 18.4. The first-order valence-corrected chi connectivity index (χ1v) is 7.19. The summed E-state index contributed by atoms with van der Waals surface area (Å²) in [7, 11) is -4.64. The lowest BCUT2D eigenvalue weighted by Crippen LogP contribution is -2.23. The maximum Gasteiger partial charge on any atom is 0.466 e. The Bertz CT molecular complexity index is 181. The molecule has 0 bridgehead atoms. The topological polar surface area (TPSA) is 98.0 Å². The van der Waals surface area contributed by atoms with Crippen LogP contribution in [0.2, 0.25) is 0 Å². The van der Waals surface area contributed by atoms with E-state index in [9.17, 15) is 5.11 Å². The van der Waals surface area contributed by atoms with Gasteiger partial charge in [0.25, 0.3) is 0 Å². The highest BCUT2D eigenvalue weighted by Crippen LogP contribution is 2.25. The monoisotopic (exact) mass is 256 g/mol. The van der Waals surface area contributed by atoms with E-state index in [0.717, 1.165) is 25.7 Å². The predicted molar refractivity (Wildman–Crippen MR) is 63.9 cm³/mol. The number of rotatable bonds is 6. The van der Waals surface area contributed by atoms with Crippen LogP contribution in [0.4, 0.5) is 0 Å². The summed E-state index contributed by atoms with van der Waals surface area (Å²) in [6.45, 7) is 6.28. The first-order valence-electron chi connectivity index (χ1n) is 5.63. The van der Waals surface area contributed by atoms with Crippen molar-refractivity contribution in [3.8, 4) is 0 Å². The average Bonchev–Trinajstić information content (AvgIpc) is 2.09. The Balaban J connectivity index is 0. The van der Waals surface area contributed by atoms with Gasteiger partial charge in [0.1, 0.15) is 0 Å². The minimum atomic E-state index is -4.64. The van der Waals surface area contributed by atoms with Crippen LogP contribution in [0.25, 0.3) is 0 Å². The average molecular weight is 256 g/mol. The summed E-state index contributed by atoms with van der Waals surface area (Å²) in [5.41, 5.74) is -0.397. The molecule has 0 aliphatic rings. The lowest BCUT2D eigenvalue weighted by atomic mass is 9.93. The number of unbranched alkanes of at least 4 members (excludes halogenated alkanes) is 2. The number of hydrogen-bond donors (Lipinski definition) is 4. The lowest BCUT2D eigenvalue weighted by molar-refractivity contribution is 0.0376. The zero-order valence-electron chi connectivity index (χ0n) is 10.4. The van der Waals surface area contributed by atoms with Gasteiger partial charge in [-0.25, -0.2) is 4.57 Å². The van der Waals surface area contributed by atoms with Gasteiger partial charge in [0.15, 0.2) is 0 Å². The highest BCUT2D eigenvalue weighted by atomic mass is 31.2. The second kappa shape index (κ2) is 9.14. The third-order valence-corrected chi connectivity index (χ3v) is 2.14. The van der Waals surface area contributed by atoms with Crippen molar-refractivity contribution in [1.82, 2.24) is 0 Å². The van der Waals surface area contributed by atoms with Crippen molar-refractivity contribution in [2.45, 2.75) is 64.9 Å². The molecule has 16 heavy (non-hydrogen) atoms. The van der Waals surface area contributed by atoms with E-state index in [1.54, 1.807) is 0 Å². The molecule has 0 saturated carbocycles. The molecular weight excluding hydrogens is 231 g/mol. The third-order valence-electron chi connectivity index (χ3n) is 2.14. The van der Waals surface area contributed by atoms with E-state index in [1.807, 2.05) is 6.92 Å². The SMILES string of the molecule is CCCCC(C)(O)CCCC.O=P(O)(O)O. The molecule has 0 atom stereocenters. The summed E-state index contributed by atoms with van der Waals surface area (Å²) in [4.78, 5) is 21.6. The molecule has 0 aliphatic carbocycles. The van der Waals surface area contributed by atoms with Crippen molar-refractivity contribution in [2.24, 2.45) is 0 Å². The summed E-state index contributed by atoms with van der Waals surface area (Å²) in [6.07, 6.45) is 6.59. The quantitative estimate of drug-likeness (QED) is 0.546. The van der Waals surface area contributed by atoms with Gasteiger partial charge in [0, 0.05) is 0 Å². The summed E-state index contributed by atoms with van der Waals surface area (Å²) < 4.78 is 8.88. The first-order chi connectivity index (χ1) is 7.12. The highest BCUT2D eigenvalue weighted by Gasteiger charge is 2.17. The zero-order valence-corrected chi connectivity index (χ0v) is 11.3. The normalized spacial score (nSPS) is 11.9. The van der Waals surface area contributed by atoms with Gasteiger partial charge in [-0.1, -0.05) is 39.5 Å². The van der Waals surface area contributed by atoms with E-state index in [1.165, 1.54) is 12.8 Å². The zero-order chi connectivity index (χ0) is 13.2. The molecule has 6 heteroatoms. The van der Waals surface area contributed by atoms with Gasteiger partial charge in [0.2, 0.25) is 0 Å². The van der Waals surface area contributed by atoms with Gasteiger partial charge < -0.3 is 19.8 Å². The molecule has 0 amide bonds. The summed E-state index contributed by atoms with van der Waals surface area (Å²) in [5.74, 6) is 0. The maximum atomic E-state index is 9.78. The Morgan fingerprint density at radius 1 is 1.00 bits per heavy atom. The van der Waals surface area contributed by atoms with Gasteiger partial charge in [-0.2, -0.15) is 0 Å². The van der Waals surface area contributed by atoms with Gasteiger partial charge in [-0.3, -0.25) is 0 Å². The molecular formula is C10H25O5P. The van der Waals surface area contributed by atoms with Gasteiger partial charge >= 0.3 is 7.82 Å². The number of aliphatic hydroxyl groups is 1. The van der Waals surface area contributed by atoms with E-state index in [4.69, 9.17) is 19.2 Å². The van der Waals surface area contributed by atoms with Gasteiger partial charge in [-0.05, 0) is 19.8 Å². The molecule has 0 aromatic rings. The fourth-order valence-electron chi connectivity index (χ4n) is 1.24. The molecule has 0 fully saturated rings. The van der Waals surface area contributed by atoms with Crippen LogP contribution < -0.4 is 0 Å². The van der Waals surface area contributed by atoms with E-state index >= 15 is 0 Å². The molecule has 0 saturated heterocycles. The van der Waals surface area contributed by atoms with Crippen LogP contribution in [0, 0.1) is 0 Å². The van der Waals surface area contributed by atoms with Gasteiger partial charge in [0.05, 0.1) is 5.60 Å². The molecule has 0 rings (SSSR count). The molecule has 100 valence electrons. The Morgan fingerprint density at radius 3 is 1.44 bits per heavy atom. The molecule has 0 unspecified atom stereocenters. The summed E-state index contributed by atoms with van der Waals surface area (Å²) in [6, 6.07) is 0. The van der Waals surface area contributed by atoms with E-state index in [2.05, 4.69) is 13.8 Å². The molecule has 0 radical (unpaired) electrons. The third kappa shape index (κ3) is 23.7. The molecule has 0 aromatic carbocycles. The van der Waals surface area contributed by atoms with Crippen molar-refractivity contribution in [1.29, 1.82) is 0 Å². The fraction of sp³-hybridized carbons (Fsp3) is 1.00. The second-order valence-corrected chi connectivity index (χ2v) is 5.24. The molecule has 0 heterocycles. The van der Waals surface area contributed by atoms with Crippen LogP contribution in [-0.2, 0) is 4.57 Å². The second-order valence-electron chi connectivity index (χ2n) is 4.22. The Kier molecular flexibility index (Phi) is 10.5. The Morgan fingerprint density at radius 2 is 1.25 bits per heavy atom. The summed E-state index contributed by atoms with van der Waals surface area (Å²) in [5, 5.41) is 9.78. The minimum Gasteiger partial charge on any atom is -0.390 e. The van der Waals surface area contributed by atoms with Gasteiger partial charge in [-0.15, -0.1) is 0 Å². The van der Waals surface area contributed by atoms with Crippen LogP contribution in [0.3, 0.4) is 0 Å². The van der Waals surface area contributed by atoms with Crippen molar-refractivity contribution in [3.63, 3.8) is 0 Å². The molecule has 4 N–H and O–H groups in total. The lowest BCUT2D eigenvalue weighted by Gasteiger charge is -2.22. The Labute approximate surface area is 97.8 Å². The van der Waals surface area contributed by atoms with Crippen LogP contribution in [0.5, 0.6) is 0 Å². The standard InChI is InChI=1S/C10H22O.H3O4P/c1-4-6-8-10(3,11)9-7-5-2;1-5(2,3)4/h11H,4-9H2,1-3H3;(H3,1,2,3,4). The number of hydrogen-bond acceptors (Lipinski definition) is 2. The Hall–Kier alpha value is 0.0700. The van der Waals surface area contributed by atoms with E-state index in [-0.39, 0.29) is 0 Å². The van der Waals surface area contributed by atoms with Crippen molar-refractivity contribution in [3.05, 3.63) is 0 Å². The molecule has 0 spiro atoms. The summed E-state index contributed by atoms with van der Waals surface area (Å²) >= 11 is 0. The minimum absolute atomic E-state index is 0.397. The van der Waals surface area contributed by atoms with Crippen LogP contribution >= 0.6 is 7.82 Å². The number of phosphoric acid groups is 1. The fourth-order valence-corrected chi connectivity index (χ4v) is 1.24. The largest absolute Gasteiger partial charge is 0.466 e. The van der Waals surface area contributed by atoms with Crippen molar-refractivity contribution in [2.75, 3.05) is 0 Å². The van der Waals surface area contributed by atoms with Crippen molar-refractivity contribution < 1.29 is 24.4 Å².